The average molecular weight is 293 g/mol. The van der Waals surface area contributed by atoms with Crippen LogP contribution in [-0.2, 0) is 9.59 Å². The van der Waals surface area contributed by atoms with Gasteiger partial charge in [-0.3, -0.25) is 14.8 Å². The van der Waals surface area contributed by atoms with E-state index in [9.17, 15) is 9.59 Å². The Morgan fingerprint density at radius 3 is 2.23 bits per heavy atom. The van der Waals surface area contributed by atoms with Gasteiger partial charge < -0.3 is 10.1 Å². The molecule has 0 aromatic carbocycles. The van der Waals surface area contributed by atoms with Gasteiger partial charge in [-0.05, 0) is 24.3 Å². The van der Waals surface area contributed by atoms with Gasteiger partial charge in [-0.15, -0.1) is 0 Å². The molecule has 2 aromatic rings. The van der Waals surface area contributed by atoms with Gasteiger partial charge in [-0.1, -0.05) is 24.8 Å². The minimum Gasteiger partial charge on any atom is -0.345 e. The van der Waals surface area contributed by atoms with Crippen LogP contribution in [0.25, 0.3) is 11.1 Å². The zero-order chi connectivity index (χ0) is 15.8. The molecule has 1 amide bonds. The second kappa shape index (κ2) is 7.64. The number of nitrogens with zero attached hydrogens (tertiary/aromatic N) is 2. The van der Waals surface area contributed by atoms with E-state index in [0.717, 1.165) is 0 Å². The molecule has 0 unspecified atom stereocenters. The van der Waals surface area contributed by atoms with Crippen LogP contribution in [0.15, 0.2) is 61.4 Å². The summed E-state index contributed by atoms with van der Waals surface area (Å²) < 4.78 is 0. The molecule has 0 atom stereocenters. The Morgan fingerprint density at radius 1 is 1.09 bits per heavy atom. The van der Waals surface area contributed by atoms with E-state index in [4.69, 9.17) is 0 Å². The SMILES string of the molecule is C=C/C(=C(/C(=O)NCC=O)c1ccccn1)c1ccccn1. The number of allylic oxidation sites excluding steroid dienone is 2. The molecular formula is C17H15N3O2. The normalized spacial score (nSPS) is 11.3. The van der Waals surface area contributed by atoms with Crippen molar-refractivity contribution in [3.8, 4) is 0 Å². The predicted octanol–water partition coefficient (Wildman–Crippen LogP) is 1.89. The smallest absolute Gasteiger partial charge is 0.254 e. The molecule has 0 aliphatic rings. The first-order valence-electron chi connectivity index (χ1n) is 6.69. The van der Waals surface area contributed by atoms with Crippen LogP contribution in [-0.4, -0.2) is 28.7 Å². The minimum atomic E-state index is -0.397. The van der Waals surface area contributed by atoms with Gasteiger partial charge in [0, 0.05) is 18.0 Å². The molecule has 0 fully saturated rings. The van der Waals surface area contributed by atoms with Gasteiger partial charge >= 0.3 is 0 Å². The molecule has 0 bridgehead atoms. The van der Waals surface area contributed by atoms with Crippen LogP contribution in [0.5, 0.6) is 0 Å². The van der Waals surface area contributed by atoms with Crippen LogP contribution in [0, 0.1) is 0 Å². The maximum absolute atomic E-state index is 12.4. The number of nitrogens with one attached hydrogen (secondary N) is 1. The van der Waals surface area contributed by atoms with Crippen molar-refractivity contribution in [3.63, 3.8) is 0 Å². The quantitative estimate of drug-likeness (QED) is 0.501. The lowest BCUT2D eigenvalue weighted by Gasteiger charge is -2.11. The summed E-state index contributed by atoms with van der Waals surface area (Å²) in [7, 11) is 0. The first kappa shape index (κ1) is 15.3. The third kappa shape index (κ3) is 3.52. The second-order valence-corrected chi connectivity index (χ2v) is 4.30. The van der Waals surface area contributed by atoms with E-state index < -0.39 is 5.91 Å². The third-order valence-electron chi connectivity index (χ3n) is 2.91. The maximum Gasteiger partial charge on any atom is 0.254 e. The highest BCUT2D eigenvalue weighted by atomic mass is 16.2. The third-order valence-corrected chi connectivity index (χ3v) is 2.91. The molecule has 5 nitrogen and oxygen atoms in total. The fraction of sp³-hybridized carbons (Fsp3) is 0.0588. The first-order valence-corrected chi connectivity index (χ1v) is 6.69. The van der Waals surface area contributed by atoms with E-state index in [1.165, 1.54) is 0 Å². The highest BCUT2D eigenvalue weighted by molar-refractivity contribution is 6.27. The van der Waals surface area contributed by atoms with Crippen molar-refractivity contribution in [2.45, 2.75) is 0 Å². The number of carbonyl (C=O) groups is 2. The number of rotatable bonds is 6. The molecule has 2 aromatic heterocycles. The largest absolute Gasteiger partial charge is 0.345 e. The number of hydrogen-bond donors (Lipinski definition) is 1. The average Bonchev–Trinajstić information content (AvgIpc) is 2.59. The second-order valence-electron chi connectivity index (χ2n) is 4.30. The lowest BCUT2D eigenvalue weighted by molar-refractivity contribution is -0.117. The highest BCUT2D eigenvalue weighted by Gasteiger charge is 2.18. The summed E-state index contributed by atoms with van der Waals surface area (Å²) >= 11 is 0. The standard InChI is InChI=1S/C17H15N3O2/c1-2-13(14-7-3-5-9-18-14)16(17(22)20-11-12-21)15-8-4-6-10-19-15/h2-10,12H,1,11H2,(H,20,22)/b16-13-. The van der Waals surface area contributed by atoms with Crippen LogP contribution in [0.3, 0.4) is 0 Å². The van der Waals surface area contributed by atoms with Crippen molar-refractivity contribution in [2.24, 2.45) is 0 Å². The molecule has 0 aliphatic heterocycles. The molecule has 0 spiro atoms. The summed E-state index contributed by atoms with van der Waals surface area (Å²) in [6.45, 7) is 3.70. The first-order chi connectivity index (χ1) is 10.8. The summed E-state index contributed by atoms with van der Waals surface area (Å²) in [5.74, 6) is -0.397. The Bertz CT molecular complexity index is 694. The number of aldehydes is 1. The fourth-order valence-electron chi connectivity index (χ4n) is 1.97. The molecule has 22 heavy (non-hydrogen) atoms. The van der Waals surface area contributed by atoms with E-state index >= 15 is 0 Å². The van der Waals surface area contributed by atoms with E-state index in [1.54, 1.807) is 48.8 Å². The summed E-state index contributed by atoms with van der Waals surface area (Å²) in [5, 5.41) is 2.54. The summed E-state index contributed by atoms with van der Waals surface area (Å²) in [5.41, 5.74) is 1.99. The van der Waals surface area contributed by atoms with Gasteiger partial charge in [0.15, 0.2) is 0 Å². The molecule has 2 heterocycles. The monoisotopic (exact) mass is 293 g/mol. The molecule has 2 rings (SSSR count). The lowest BCUT2D eigenvalue weighted by Crippen LogP contribution is -2.27. The Kier molecular flexibility index (Phi) is 5.31. The summed E-state index contributed by atoms with van der Waals surface area (Å²) in [6, 6.07) is 10.7. The van der Waals surface area contributed by atoms with Gasteiger partial charge in [0.25, 0.3) is 5.91 Å². The van der Waals surface area contributed by atoms with Crippen molar-refractivity contribution < 1.29 is 9.59 Å². The number of hydrogen-bond acceptors (Lipinski definition) is 4. The van der Waals surface area contributed by atoms with Crippen LogP contribution < -0.4 is 5.32 Å². The minimum absolute atomic E-state index is 0.0677. The number of carbonyl (C=O) groups excluding carboxylic acids is 2. The molecule has 1 N–H and O–H groups in total. The van der Waals surface area contributed by atoms with Gasteiger partial charge in [0.2, 0.25) is 0 Å². The van der Waals surface area contributed by atoms with Crippen LogP contribution in [0.2, 0.25) is 0 Å². The van der Waals surface area contributed by atoms with Crippen LogP contribution >= 0.6 is 0 Å². The molecule has 5 heteroatoms. The van der Waals surface area contributed by atoms with E-state index in [1.807, 2.05) is 6.07 Å². The van der Waals surface area contributed by atoms with E-state index in [0.29, 0.717) is 28.8 Å². The molecular weight excluding hydrogens is 278 g/mol. The highest BCUT2D eigenvalue weighted by Crippen LogP contribution is 2.25. The molecule has 0 saturated heterocycles. The van der Waals surface area contributed by atoms with Gasteiger partial charge in [0.1, 0.15) is 6.29 Å². The molecule has 0 radical (unpaired) electrons. The molecule has 110 valence electrons. The van der Waals surface area contributed by atoms with Gasteiger partial charge in [-0.2, -0.15) is 0 Å². The van der Waals surface area contributed by atoms with E-state index in [2.05, 4.69) is 21.9 Å². The van der Waals surface area contributed by atoms with Crippen molar-refractivity contribution in [3.05, 3.63) is 72.8 Å². The van der Waals surface area contributed by atoms with Crippen molar-refractivity contribution in [1.82, 2.24) is 15.3 Å². The Balaban J connectivity index is 2.60. The van der Waals surface area contributed by atoms with Crippen molar-refractivity contribution in [2.75, 3.05) is 6.54 Å². The Labute approximate surface area is 128 Å². The topological polar surface area (TPSA) is 72.0 Å². The summed E-state index contributed by atoms with van der Waals surface area (Å²) in [6.07, 6.45) is 5.43. The number of aromatic nitrogens is 2. The van der Waals surface area contributed by atoms with Crippen LogP contribution in [0.1, 0.15) is 11.4 Å². The Morgan fingerprint density at radius 2 is 1.73 bits per heavy atom. The molecule has 0 saturated carbocycles. The van der Waals surface area contributed by atoms with Crippen molar-refractivity contribution in [1.29, 1.82) is 0 Å². The van der Waals surface area contributed by atoms with Crippen LogP contribution in [0.4, 0.5) is 0 Å². The maximum atomic E-state index is 12.4. The Hall–Kier alpha value is -3.08. The molecule has 0 aliphatic carbocycles. The summed E-state index contributed by atoms with van der Waals surface area (Å²) in [4.78, 5) is 31.4. The fourth-order valence-corrected chi connectivity index (χ4v) is 1.97. The van der Waals surface area contributed by atoms with Crippen molar-refractivity contribution >= 4 is 23.3 Å². The number of amides is 1. The van der Waals surface area contributed by atoms with Gasteiger partial charge in [0.05, 0.1) is 23.5 Å². The predicted molar refractivity (Wildman–Crippen MR) is 84.6 cm³/mol. The zero-order valence-corrected chi connectivity index (χ0v) is 11.9. The van der Waals surface area contributed by atoms with Gasteiger partial charge in [-0.25, -0.2) is 0 Å². The zero-order valence-electron chi connectivity index (χ0n) is 11.9. The number of pyridine rings is 2. The lowest BCUT2D eigenvalue weighted by atomic mass is 10.00. The van der Waals surface area contributed by atoms with E-state index in [-0.39, 0.29) is 6.54 Å².